The van der Waals surface area contributed by atoms with Crippen LogP contribution in [-0.4, -0.2) is 43.5 Å². The highest BCUT2D eigenvalue weighted by Gasteiger charge is 2.28. The maximum Gasteiger partial charge on any atom is 0.257 e. The number of piperidine rings is 1. The fraction of sp³-hybridized carbons (Fsp3) is 0.529. The number of ether oxygens (including phenoxy) is 1. The first-order chi connectivity index (χ1) is 11.1. The standard InChI is InChI=1S/C17H23FN2O3/c1-3-8-19-16(21)12-6-9-20(10-7-12)17(22)14-11-13(18)4-5-15(14)23-2/h4-5,11-12H,3,6-10H2,1-2H3,(H,19,21). The molecule has 0 radical (unpaired) electrons. The number of carbonyl (C=O) groups excluding carboxylic acids is 2. The number of rotatable bonds is 5. The van der Waals surface area contributed by atoms with Gasteiger partial charge in [-0.25, -0.2) is 4.39 Å². The second kappa shape index (κ2) is 7.94. The molecule has 23 heavy (non-hydrogen) atoms. The summed E-state index contributed by atoms with van der Waals surface area (Å²) in [4.78, 5) is 26.2. The summed E-state index contributed by atoms with van der Waals surface area (Å²) in [6.45, 7) is 3.66. The molecule has 1 aliphatic rings. The van der Waals surface area contributed by atoms with Gasteiger partial charge in [0.25, 0.3) is 5.91 Å². The summed E-state index contributed by atoms with van der Waals surface area (Å²) >= 11 is 0. The maximum absolute atomic E-state index is 13.4. The second-order valence-electron chi connectivity index (χ2n) is 5.70. The second-order valence-corrected chi connectivity index (χ2v) is 5.70. The summed E-state index contributed by atoms with van der Waals surface area (Å²) in [7, 11) is 1.45. The third kappa shape index (κ3) is 4.21. The van der Waals surface area contributed by atoms with E-state index in [2.05, 4.69) is 5.32 Å². The molecule has 1 aliphatic heterocycles. The molecule has 1 saturated heterocycles. The fourth-order valence-electron chi connectivity index (χ4n) is 2.75. The van der Waals surface area contributed by atoms with Crippen LogP contribution < -0.4 is 10.1 Å². The molecule has 1 fully saturated rings. The Morgan fingerprint density at radius 2 is 2.04 bits per heavy atom. The quantitative estimate of drug-likeness (QED) is 0.904. The van der Waals surface area contributed by atoms with E-state index in [1.807, 2.05) is 6.92 Å². The molecule has 0 spiro atoms. The molecule has 0 unspecified atom stereocenters. The Bertz CT molecular complexity index is 569. The van der Waals surface area contributed by atoms with Crippen LogP contribution in [0.4, 0.5) is 4.39 Å². The summed E-state index contributed by atoms with van der Waals surface area (Å²) in [6.07, 6.45) is 2.15. The summed E-state index contributed by atoms with van der Waals surface area (Å²) < 4.78 is 18.6. The number of halogens is 1. The number of nitrogens with zero attached hydrogens (tertiary/aromatic N) is 1. The van der Waals surface area contributed by atoms with Crippen molar-refractivity contribution < 1.29 is 18.7 Å². The smallest absolute Gasteiger partial charge is 0.257 e. The number of hydrogen-bond donors (Lipinski definition) is 1. The first kappa shape index (κ1) is 17.2. The van der Waals surface area contributed by atoms with E-state index in [-0.39, 0.29) is 23.3 Å². The van der Waals surface area contributed by atoms with Gasteiger partial charge >= 0.3 is 0 Å². The van der Waals surface area contributed by atoms with Crippen molar-refractivity contribution in [1.82, 2.24) is 10.2 Å². The Morgan fingerprint density at radius 1 is 1.35 bits per heavy atom. The van der Waals surface area contributed by atoms with Crippen LogP contribution in [0.5, 0.6) is 5.75 Å². The van der Waals surface area contributed by atoms with Gasteiger partial charge in [0.2, 0.25) is 5.91 Å². The van der Waals surface area contributed by atoms with Crippen molar-refractivity contribution in [3.8, 4) is 5.75 Å². The minimum Gasteiger partial charge on any atom is -0.496 e. The lowest BCUT2D eigenvalue weighted by Crippen LogP contribution is -2.43. The molecule has 1 aromatic rings. The van der Waals surface area contributed by atoms with Crippen LogP contribution in [0, 0.1) is 11.7 Å². The highest BCUT2D eigenvalue weighted by Crippen LogP contribution is 2.24. The van der Waals surface area contributed by atoms with Gasteiger partial charge < -0.3 is 15.0 Å². The van der Waals surface area contributed by atoms with Gasteiger partial charge in [-0.15, -0.1) is 0 Å². The molecule has 0 aliphatic carbocycles. The van der Waals surface area contributed by atoms with Gasteiger partial charge in [0.1, 0.15) is 11.6 Å². The molecular weight excluding hydrogens is 299 g/mol. The molecule has 0 saturated carbocycles. The van der Waals surface area contributed by atoms with E-state index < -0.39 is 5.82 Å². The molecule has 1 N–H and O–H groups in total. The average Bonchev–Trinajstić information content (AvgIpc) is 2.59. The minimum atomic E-state index is -0.469. The molecule has 126 valence electrons. The molecule has 0 atom stereocenters. The van der Waals surface area contributed by atoms with Crippen LogP contribution in [-0.2, 0) is 4.79 Å². The molecular formula is C17H23FN2O3. The van der Waals surface area contributed by atoms with Crippen molar-refractivity contribution in [3.63, 3.8) is 0 Å². The maximum atomic E-state index is 13.4. The van der Waals surface area contributed by atoms with E-state index >= 15 is 0 Å². The Labute approximate surface area is 135 Å². The van der Waals surface area contributed by atoms with E-state index in [0.29, 0.717) is 38.2 Å². The summed E-state index contributed by atoms with van der Waals surface area (Å²) in [6, 6.07) is 3.91. The number of hydrogen-bond acceptors (Lipinski definition) is 3. The molecule has 0 aromatic heterocycles. The van der Waals surface area contributed by atoms with Crippen molar-refractivity contribution >= 4 is 11.8 Å². The van der Waals surface area contributed by atoms with E-state index in [4.69, 9.17) is 4.74 Å². The zero-order valence-electron chi connectivity index (χ0n) is 13.6. The summed E-state index contributed by atoms with van der Waals surface area (Å²) in [5.41, 5.74) is 0.224. The lowest BCUT2D eigenvalue weighted by molar-refractivity contribution is -0.126. The summed E-state index contributed by atoms with van der Waals surface area (Å²) in [5.74, 6) is -0.363. The normalized spacial score (nSPS) is 15.3. The molecule has 0 bridgehead atoms. The third-order valence-electron chi connectivity index (χ3n) is 4.09. The number of nitrogens with one attached hydrogen (secondary N) is 1. The lowest BCUT2D eigenvalue weighted by atomic mass is 9.95. The SMILES string of the molecule is CCCNC(=O)C1CCN(C(=O)c2cc(F)ccc2OC)CC1. The molecule has 2 rings (SSSR count). The van der Waals surface area contributed by atoms with Gasteiger partial charge in [-0.05, 0) is 37.5 Å². The van der Waals surface area contributed by atoms with Crippen LogP contribution >= 0.6 is 0 Å². The van der Waals surface area contributed by atoms with Gasteiger partial charge in [0.05, 0.1) is 12.7 Å². The van der Waals surface area contributed by atoms with Crippen molar-refractivity contribution in [2.45, 2.75) is 26.2 Å². The highest BCUT2D eigenvalue weighted by molar-refractivity contribution is 5.97. The Morgan fingerprint density at radius 3 is 2.65 bits per heavy atom. The van der Waals surface area contributed by atoms with E-state index in [0.717, 1.165) is 6.42 Å². The largest absolute Gasteiger partial charge is 0.496 e. The van der Waals surface area contributed by atoms with E-state index in [1.54, 1.807) is 4.90 Å². The van der Waals surface area contributed by atoms with E-state index in [9.17, 15) is 14.0 Å². The minimum absolute atomic E-state index is 0.0556. The zero-order chi connectivity index (χ0) is 16.8. The fourth-order valence-corrected chi connectivity index (χ4v) is 2.75. The molecule has 1 aromatic carbocycles. The Hall–Kier alpha value is -2.11. The predicted molar refractivity (Wildman–Crippen MR) is 84.9 cm³/mol. The molecule has 1 heterocycles. The van der Waals surface area contributed by atoms with Crippen molar-refractivity contribution in [2.24, 2.45) is 5.92 Å². The molecule has 5 nitrogen and oxygen atoms in total. The van der Waals surface area contributed by atoms with E-state index in [1.165, 1.54) is 25.3 Å². The van der Waals surface area contributed by atoms with Gasteiger partial charge in [-0.2, -0.15) is 0 Å². The number of likely N-dealkylation sites (tertiary alicyclic amines) is 1. The topological polar surface area (TPSA) is 58.6 Å². The number of benzene rings is 1. The Balaban J connectivity index is 1.99. The number of methoxy groups -OCH3 is 1. The highest BCUT2D eigenvalue weighted by atomic mass is 19.1. The summed E-state index contributed by atoms with van der Waals surface area (Å²) in [5, 5.41) is 2.89. The van der Waals surface area contributed by atoms with Crippen LogP contribution in [0.2, 0.25) is 0 Å². The average molecular weight is 322 g/mol. The predicted octanol–water partition coefficient (Wildman–Crippen LogP) is 2.21. The van der Waals surface area contributed by atoms with Gasteiger partial charge in [0, 0.05) is 25.6 Å². The monoisotopic (exact) mass is 322 g/mol. The number of carbonyl (C=O) groups is 2. The Kier molecular flexibility index (Phi) is 5.96. The first-order valence-corrected chi connectivity index (χ1v) is 7.97. The first-order valence-electron chi connectivity index (χ1n) is 7.97. The van der Waals surface area contributed by atoms with Crippen LogP contribution in [0.1, 0.15) is 36.5 Å². The molecule has 6 heteroatoms. The lowest BCUT2D eigenvalue weighted by Gasteiger charge is -2.31. The van der Waals surface area contributed by atoms with Gasteiger partial charge in [-0.3, -0.25) is 9.59 Å². The van der Waals surface area contributed by atoms with Crippen LogP contribution in [0.15, 0.2) is 18.2 Å². The van der Waals surface area contributed by atoms with Crippen molar-refractivity contribution in [1.29, 1.82) is 0 Å². The molecule has 2 amide bonds. The van der Waals surface area contributed by atoms with Gasteiger partial charge in [-0.1, -0.05) is 6.92 Å². The van der Waals surface area contributed by atoms with Crippen molar-refractivity contribution in [3.05, 3.63) is 29.6 Å². The van der Waals surface area contributed by atoms with Crippen molar-refractivity contribution in [2.75, 3.05) is 26.7 Å². The van der Waals surface area contributed by atoms with Crippen LogP contribution in [0.3, 0.4) is 0 Å². The van der Waals surface area contributed by atoms with Gasteiger partial charge in [0.15, 0.2) is 0 Å². The number of amides is 2. The third-order valence-corrected chi connectivity index (χ3v) is 4.09. The van der Waals surface area contributed by atoms with Crippen LogP contribution in [0.25, 0.3) is 0 Å². The zero-order valence-corrected chi connectivity index (χ0v) is 13.6.